The molecule has 2 amide bonds. The molecule has 0 spiro atoms. The quantitative estimate of drug-likeness (QED) is 0.0701. The fourth-order valence-corrected chi connectivity index (χ4v) is 7.72. The van der Waals surface area contributed by atoms with E-state index in [2.05, 4.69) is 5.32 Å². The summed E-state index contributed by atoms with van der Waals surface area (Å²) >= 11 is 0. The van der Waals surface area contributed by atoms with Gasteiger partial charge in [-0.2, -0.15) is 0 Å². The average molecular weight is 724 g/mol. The van der Waals surface area contributed by atoms with Crippen LogP contribution in [-0.2, 0) is 27.5 Å². The minimum Gasteiger partial charge on any atom is -0.507 e. The predicted octanol–water partition coefficient (Wildman–Crippen LogP) is 4.25. The van der Waals surface area contributed by atoms with Crippen LogP contribution >= 0.6 is 0 Å². The number of methoxy groups -OCH3 is 1. The fraction of sp³-hybridized carbons (Fsp3) is 0.282. The van der Waals surface area contributed by atoms with Crippen molar-refractivity contribution in [3.8, 4) is 28.7 Å². The van der Waals surface area contributed by atoms with Crippen LogP contribution in [0.3, 0.4) is 0 Å². The molecule has 3 atom stereocenters. The standard InChI is InChI=1S/C39H37N3O11/c1-5-16(2)25-11-19-10-18-6-7-20-33(35(48)32-22(36(20)53-4)12-21-26(44)8-9-27(45)31(21)23(32)15-43)29(18)34(47)30(19)38(50)42(25)14-28(46)41-13-24(39(51)52)40-37(49)17(41)3/h6-12,16-17,24,43-45,47-48H,5,13-15H2,1-4H3,(H,40,49)(H,51,52). The number of amides is 2. The molecule has 1 aliphatic heterocycles. The molecule has 14 nitrogen and oxygen atoms in total. The van der Waals surface area contributed by atoms with E-state index in [1.165, 1.54) is 36.8 Å². The number of ether oxygens (including phenoxy) is 1. The van der Waals surface area contributed by atoms with E-state index in [0.717, 1.165) is 4.90 Å². The first-order valence-corrected chi connectivity index (χ1v) is 17.0. The molecule has 1 fully saturated rings. The summed E-state index contributed by atoms with van der Waals surface area (Å²) in [5.74, 6) is -3.93. The third kappa shape index (κ3) is 5.19. The van der Waals surface area contributed by atoms with E-state index in [9.17, 15) is 49.8 Å². The third-order valence-corrected chi connectivity index (χ3v) is 10.6. The highest BCUT2D eigenvalue weighted by atomic mass is 16.5. The van der Waals surface area contributed by atoms with Crippen molar-refractivity contribution in [2.75, 3.05) is 13.7 Å². The van der Waals surface area contributed by atoms with Gasteiger partial charge >= 0.3 is 5.97 Å². The highest BCUT2D eigenvalue weighted by Crippen LogP contribution is 2.51. The van der Waals surface area contributed by atoms with Crippen molar-refractivity contribution in [1.82, 2.24) is 14.8 Å². The number of phenolic OH excluding ortho intramolecular Hbond substituents is 4. The number of hydrogen-bond donors (Lipinski definition) is 7. The molecule has 53 heavy (non-hydrogen) atoms. The zero-order valence-electron chi connectivity index (χ0n) is 29.2. The van der Waals surface area contributed by atoms with Crippen LogP contribution in [0, 0.1) is 0 Å². The van der Waals surface area contributed by atoms with Crippen LogP contribution in [0.25, 0.3) is 53.9 Å². The van der Waals surface area contributed by atoms with Crippen LogP contribution in [0.5, 0.6) is 28.7 Å². The van der Waals surface area contributed by atoms with Gasteiger partial charge in [0.15, 0.2) is 0 Å². The summed E-state index contributed by atoms with van der Waals surface area (Å²) in [7, 11) is 1.40. The number of pyridine rings is 1. The van der Waals surface area contributed by atoms with E-state index in [0.29, 0.717) is 33.7 Å². The lowest BCUT2D eigenvalue weighted by Gasteiger charge is -2.36. The molecule has 1 aromatic heterocycles. The molecule has 0 bridgehead atoms. The predicted molar refractivity (Wildman–Crippen MR) is 197 cm³/mol. The van der Waals surface area contributed by atoms with Gasteiger partial charge in [0.05, 0.1) is 25.6 Å². The Morgan fingerprint density at radius 2 is 1.58 bits per heavy atom. The third-order valence-electron chi connectivity index (χ3n) is 10.6. The number of fused-ring (bicyclic) bond motifs is 6. The molecule has 1 aliphatic rings. The number of benzene rings is 5. The number of hydrogen-bond acceptors (Lipinski definition) is 10. The van der Waals surface area contributed by atoms with E-state index >= 15 is 0 Å². The Labute approximate surface area is 300 Å². The SMILES string of the molecule is CCC(C)c1cc2cc3ccc4c(OC)c5cc6c(O)ccc(O)c6c(CO)c5c(O)c4c3c(O)c2c(=O)n1CC(=O)N1CC(C(=O)O)NC(=O)C1C. The minimum atomic E-state index is -1.33. The molecule has 0 aliphatic carbocycles. The van der Waals surface area contributed by atoms with Crippen LogP contribution in [0.2, 0.25) is 0 Å². The molecule has 7 N–H and O–H groups in total. The number of carboxylic acids is 1. The second-order valence-corrected chi connectivity index (χ2v) is 13.5. The summed E-state index contributed by atoms with van der Waals surface area (Å²) in [6.07, 6.45) is 0.586. The average Bonchev–Trinajstić information content (AvgIpc) is 3.13. The van der Waals surface area contributed by atoms with Gasteiger partial charge in [0.1, 0.15) is 47.4 Å². The van der Waals surface area contributed by atoms with Gasteiger partial charge in [0.2, 0.25) is 11.8 Å². The molecule has 6 aromatic rings. The molecule has 0 saturated carbocycles. The Morgan fingerprint density at radius 1 is 0.887 bits per heavy atom. The lowest BCUT2D eigenvalue weighted by Crippen LogP contribution is -2.63. The smallest absolute Gasteiger partial charge is 0.328 e. The monoisotopic (exact) mass is 723 g/mol. The van der Waals surface area contributed by atoms with Crippen molar-refractivity contribution in [3.05, 3.63) is 64.1 Å². The van der Waals surface area contributed by atoms with Crippen molar-refractivity contribution in [2.24, 2.45) is 0 Å². The summed E-state index contributed by atoms with van der Waals surface area (Å²) in [4.78, 5) is 53.7. The first-order chi connectivity index (χ1) is 25.2. The van der Waals surface area contributed by atoms with Crippen molar-refractivity contribution >= 4 is 71.6 Å². The Morgan fingerprint density at radius 3 is 2.25 bits per heavy atom. The molecule has 14 heteroatoms. The van der Waals surface area contributed by atoms with E-state index < -0.39 is 54.3 Å². The van der Waals surface area contributed by atoms with Crippen molar-refractivity contribution in [1.29, 1.82) is 0 Å². The highest BCUT2D eigenvalue weighted by molar-refractivity contribution is 6.26. The summed E-state index contributed by atoms with van der Waals surface area (Å²) < 4.78 is 7.06. The normalized spacial score (nSPS) is 16.8. The maximum atomic E-state index is 14.5. The number of aliphatic carboxylic acids is 1. The van der Waals surface area contributed by atoms with Crippen LogP contribution in [-0.4, -0.2) is 83.6 Å². The number of aliphatic hydroxyl groups excluding tert-OH is 1. The van der Waals surface area contributed by atoms with Gasteiger partial charge in [-0.15, -0.1) is 0 Å². The molecule has 274 valence electrons. The number of carbonyl (C=O) groups is 3. The van der Waals surface area contributed by atoms with E-state index in [1.807, 2.05) is 13.8 Å². The van der Waals surface area contributed by atoms with E-state index in [4.69, 9.17) is 4.74 Å². The molecular formula is C39H37N3O11. The van der Waals surface area contributed by atoms with Crippen LogP contribution in [0.15, 0.2) is 47.3 Å². The number of carbonyl (C=O) groups excluding carboxylic acids is 2. The minimum absolute atomic E-state index is 0.0775. The van der Waals surface area contributed by atoms with Gasteiger partial charge in [-0.3, -0.25) is 14.4 Å². The number of nitrogens with one attached hydrogen (secondary N) is 1. The number of aliphatic hydroxyl groups is 1. The molecule has 2 heterocycles. The number of nitrogens with zero attached hydrogens (tertiary/aromatic N) is 2. The van der Waals surface area contributed by atoms with Gasteiger partial charge in [0.25, 0.3) is 5.56 Å². The molecular weight excluding hydrogens is 686 g/mol. The Hall–Kier alpha value is -6.28. The van der Waals surface area contributed by atoms with E-state index in [-0.39, 0.29) is 73.3 Å². The summed E-state index contributed by atoms with van der Waals surface area (Å²) in [6.45, 7) is 3.75. The first kappa shape index (κ1) is 35.1. The second-order valence-electron chi connectivity index (χ2n) is 13.5. The van der Waals surface area contributed by atoms with Crippen molar-refractivity contribution in [3.63, 3.8) is 0 Å². The number of aromatic nitrogens is 1. The van der Waals surface area contributed by atoms with Crippen molar-refractivity contribution in [2.45, 2.75) is 58.3 Å². The number of rotatable bonds is 7. The topological polar surface area (TPSA) is 219 Å². The molecule has 0 radical (unpaired) electrons. The highest BCUT2D eigenvalue weighted by Gasteiger charge is 2.38. The second kappa shape index (κ2) is 12.7. The summed E-state index contributed by atoms with van der Waals surface area (Å²) in [5, 5.41) is 70.0. The lowest BCUT2D eigenvalue weighted by atomic mass is 9.89. The molecule has 1 saturated heterocycles. The van der Waals surface area contributed by atoms with Gasteiger partial charge in [-0.1, -0.05) is 19.9 Å². The number of aromatic hydroxyl groups is 4. The van der Waals surface area contributed by atoms with E-state index in [1.54, 1.807) is 24.3 Å². The molecule has 5 aromatic carbocycles. The van der Waals surface area contributed by atoms with Crippen LogP contribution in [0.1, 0.15) is 44.4 Å². The fourth-order valence-electron chi connectivity index (χ4n) is 7.72. The van der Waals surface area contributed by atoms with Gasteiger partial charge in [-0.25, -0.2) is 4.79 Å². The number of phenols is 4. The van der Waals surface area contributed by atoms with Gasteiger partial charge in [0, 0.05) is 49.0 Å². The largest absolute Gasteiger partial charge is 0.507 e. The Balaban J connectivity index is 1.53. The molecule has 3 unspecified atom stereocenters. The molecule has 7 rings (SSSR count). The van der Waals surface area contributed by atoms with Crippen molar-refractivity contribution < 1.29 is 49.8 Å². The summed E-state index contributed by atoms with van der Waals surface area (Å²) in [6, 6.07) is 8.55. The Kier molecular flexibility index (Phi) is 8.45. The maximum absolute atomic E-state index is 14.5. The number of carboxylic acid groups (broad SMARTS) is 1. The lowest BCUT2D eigenvalue weighted by molar-refractivity contribution is -0.151. The summed E-state index contributed by atoms with van der Waals surface area (Å²) in [5.41, 5.74) is -0.147. The number of piperazine rings is 1. The maximum Gasteiger partial charge on any atom is 0.328 e. The van der Waals surface area contributed by atoms with Crippen LogP contribution in [0.4, 0.5) is 0 Å². The Bertz CT molecular complexity index is 2650. The van der Waals surface area contributed by atoms with Gasteiger partial charge in [-0.05, 0) is 66.4 Å². The zero-order chi connectivity index (χ0) is 38.2. The van der Waals surface area contributed by atoms with Gasteiger partial charge < -0.3 is 50.2 Å². The zero-order valence-corrected chi connectivity index (χ0v) is 29.2. The first-order valence-electron chi connectivity index (χ1n) is 17.0. The van der Waals surface area contributed by atoms with Crippen LogP contribution < -0.4 is 15.6 Å².